The molecule has 120 valence electrons. The molecule has 0 unspecified atom stereocenters. The molecule has 21 heavy (non-hydrogen) atoms. The van der Waals surface area contributed by atoms with E-state index in [1.807, 2.05) is 4.90 Å². The van der Waals surface area contributed by atoms with E-state index < -0.39 is 0 Å². The highest BCUT2D eigenvalue weighted by Gasteiger charge is 2.31. The van der Waals surface area contributed by atoms with Gasteiger partial charge in [-0.05, 0) is 19.8 Å². The summed E-state index contributed by atoms with van der Waals surface area (Å²) in [6, 6.07) is 0. The lowest BCUT2D eigenvalue weighted by Crippen LogP contribution is -2.53. The Kier molecular flexibility index (Phi) is 5.58. The second-order valence-corrected chi connectivity index (χ2v) is 6.28. The highest BCUT2D eigenvalue weighted by Crippen LogP contribution is 2.20. The number of carbonyl (C=O) groups excluding carboxylic acids is 2. The smallest absolute Gasteiger partial charge is 0.227 e. The van der Waals surface area contributed by atoms with Crippen LogP contribution in [0.2, 0.25) is 0 Å². The second-order valence-electron chi connectivity index (χ2n) is 6.28. The average Bonchev–Trinajstić information content (AvgIpc) is 2.47. The van der Waals surface area contributed by atoms with E-state index >= 15 is 0 Å². The maximum absolute atomic E-state index is 12.6. The number of piperidine rings is 1. The molecule has 2 aliphatic rings. The first-order valence-electron chi connectivity index (χ1n) is 7.92. The largest absolute Gasteiger partial charge is 0.392 e. The number of amides is 2. The fraction of sp³-hybridized carbons (Fsp3) is 0.867. The SMILES string of the molecule is CC(=O)N1CCC[C@H](C(=O)N2CCN(C[C@@H](C)O)CC2)C1. The Hall–Kier alpha value is -1.14. The van der Waals surface area contributed by atoms with Crippen molar-refractivity contribution in [3.05, 3.63) is 0 Å². The second kappa shape index (κ2) is 7.22. The number of hydrogen-bond acceptors (Lipinski definition) is 4. The molecule has 2 fully saturated rings. The highest BCUT2D eigenvalue weighted by atomic mass is 16.3. The fourth-order valence-corrected chi connectivity index (χ4v) is 3.25. The van der Waals surface area contributed by atoms with Crippen LogP contribution in [0, 0.1) is 5.92 Å². The monoisotopic (exact) mass is 297 g/mol. The van der Waals surface area contributed by atoms with Gasteiger partial charge in [0.25, 0.3) is 0 Å². The Morgan fingerprint density at radius 3 is 2.38 bits per heavy atom. The Bertz CT molecular complexity index is 378. The summed E-state index contributed by atoms with van der Waals surface area (Å²) in [6.07, 6.45) is 1.48. The molecule has 1 N–H and O–H groups in total. The molecule has 0 bridgehead atoms. The number of likely N-dealkylation sites (tertiary alicyclic amines) is 1. The number of aliphatic hydroxyl groups is 1. The van der Waals surface area contributed by atoms with Gasteiger partial charge in [0, 0.05) is 52.7 Å². The van der Waals surface area contributed by atoms with Crippen molar-refractivity contribution in [1.29, 1.82) is 0 Å². The van der Waals surface area contributed by atoms with Gasteiger partial charge in [-0.3, -0.25) is 14.5 Å². The first-order chi connectivity index (χ1) is 9.97. The third-order valence-corrected chi connectivity index (χ3v) is 4.42. The number of aliphatic hydroxyl groups excluding tert-OH is 1. The molecule has 0 spiro atoms. The number of piperazine rings is 1. The molecule has 2 atom stereocenters. The van der Waals surface area contributed by atoms with Crippen LogP contribution in [0.3, 0.4) is 0 Å². The first-order valence-corrected chi connectivity index (χ1v) is 7.92. The molecular weight excluding hydrogens is 270 g/mol. The molecule has 2 amide bonds. The van der Waals surface area contributed by atoms with Crippen LogP contribution in [0.4, 0.5) is 0 Å². The molecule has 0 aliphatic carbocycles. The molecule has 0 aromatic heterocycles. The molecular formula is C15H27N3O3. The van der Waals surface area contributed by atoms with E-state index in [4.69, 9.17) is 0 Å². The fourth-order valence-electron chi connectivity index (χ4n) is 3.25. The molecule has 0 saturated carbocycles. The Morgan fingerprint density at radius 2 is 1.81 bits per heavy atom. The average molecular weight is 297 g/mol. The van der Waals surface area contributed by atoms with Crippen LogP contribution >= 0.6 is 0 Å². The van der Waals surface area contributed by atoms with Gasteiger partial charge in [-0.15, -0.1) is 0 Å². The van der Waals surface area contributed by atoms with Crippen molar-refractivity contribution in [3.63, 3.8) is 0 Å². The highest BCUT2D eigenvalue weighted by molar-refractivity contribution is 5.81. The Labute approximate surface area is 126 Å². The van der Waals surface area contributed by atoms with E-state index in [1.54, 1.807) is 18.7 Å². The van der Waals surface area contributed by atoms with Crippen LogP contribution in [-0.2, 0) is 9.59 Å². The lowest BCUT2D eigenvalue weighted by molar-refractivity contribution is -0.141. The van der Waals surface area contributed by atoms with Crippen molar-refractivity contribution in [3.8, 4) is 0 Å². The zero-order chi connectivity index (χ0) is 15.4. The molecule has 2 aliphatic heterocycles. The van der Waals surface area contributed by atoms with Crippen molar-refractivity contribution in [2.75, 3.05) is 45.8 Å². The normalized spacial score (nSPS) is 25.8. The van der Waals surface area contributed by atoms with Crippen LogP contribution in [0.15, 0.2) is 0 Å². The van der Waals surface area contributed by atoms with Crippen LogP contribution in [-0.4, -0.2) is 83.5 Å². The van der Waals surface area contributed by atoms with E-state index in [0.29, 0.717) is 13.1 Å². The van der Waals surface area contributed by atoms with Crippen molar-refractivity contribution >= 4 is 11.8 Å². The summed E-state index contributed by atoms with van der Waals surface area (Å²) in [5.74, 6) is 0.220. The number of hydrogen-bond donors (Lipinski definition) is 1. The summed E-state index contributed by atoms with van der Waals surface area (Å²) in [7, 11) is 0. The van der Waals surface area contributed by atoms with Crippen LogP contribution in [0.25, 0.3) is 0 Å². The van der Waals surface area contributed by atoms with Gasteiger partial charge in [-0.1, -0.05) is 0 Å². The quantitative estimate of drug-likeness (QED) is 0.781. The summed E-state index contributed by atoms with van der Waals surface area (Å²) < 4.78 is 0. The summed E-state index contributed by atoms with van der Waals surface area (Å²) in [5, 5.41) is 9.41. The lowest BCUT2D eigenvalue weighted by Gasteiger charge is -2.39. The van der Waals surface area contributed by atoms with Crippen molar-refractivity contribution in [2.45, 2.75) is 32.8 Å². The zero-order valence-electron chi connectivity index (χ0n) is 13.1. The third-order valence-electron chi connectivity index (χ3n) is 4.42. The third kappa shape index (κ3) is 4.41. The maximum atomic E-state index is 12.6. The maximum Gasteiger partial charge on any atom is 0.227 e. The minimum atomic E-state index is -0.324. The molecule has 6 heteroatoms. The van der Waals surface area contributed by atoms with Gasteiger partial charge in [0.15, 0.2) is 0 Å². The summed E-state index contributed by atoms with van der Waals surface area (Å²) >= 11 is 0. The molecule has 0 radical (unpaired) electrons. The van der Waals surface area contributed by atoms with Gasteiger partial charge in [-0.25, -0.2) is 0 Å². The minimum Gasteiger partial charge on any atom is -0.392 e. The predicted molar refractivity (Wildman–Crippen MR) is 79.7 cm³/mol. The number of carbonyl (C=O) groups is 2. The minimum absolute atomic E-state index is 0.0361. The molecule has 2 saturated heterocycles. The number of nitrogens with zero attached hydrogens (tertiary/aromatic N) is 3. The molecule has 0 aromatic rings. The summed E-state index contributed by atoms with van der Waals surface area (Å²) in [6.45, 7) is 8.47. The van der Waals surface area contributed by atoms with Gasteiger partial charge >= 0.3 is 0 Å². The summed E-state index contributed by atoms with van der Waals surface area (Å²) in [4.78, 5) is 29.9. The Morgan fingerprint density at radius 1 is 1.14 bits per heavy atom. The lowest BCUT2D eigenvalue weighted by atomic mass is 9.96. The van der Waals surface area contributed by atoms with Gasteiger partial charge in [-0.2, -0.15) is 0 Å². The van der Waals surface area contributed by atoms with E-state index in [2.05, 4.69) is 4.90 Å². The topological polar surface area (TPSA) is 64.1 Å². The van der Waals surface area contributed by atoms with E-state index in [-0.39, 0.29) is 23.8 Å². The summed E-state index contributed by atoms with van der Waals surface area (Å²) in [5.41, 5.74) is 0. The van der Waals surface area contributed by atoms with Crippen molar-refractivity contribution < 1.29 is 14.7 Å². The molecule has 0 aromatic carbocycles. The number of β-amino-alcohol motifs (C(OH)–C–C–N with tert-alkyl or cyclic N) is 1. The van der Waals surface area contributed by atoms with Crippen molar-refractivity contribution in [1.82, 2.24) is 14.7 Å². The van der Waals surface area contributed by atoms with E-state index in [9.17, 15) is 14.7 Å². The molecule has 2 heterocycles. The Balaban J connectivity index is 1.82. The van der Waals surface area contributed by atoms with E-state index in [0.717, 1.165) is 45.6 Å². The van der Waals surface area contributed by atoms with Gasteiger partial charge < -0.3 is 14.9 Å². The zero-order valence-corrected chi connectivity index (χ0v) is 13.1. The van der Waals surface area contributed by atoms with Gasteiger partial charge in [0.1, 0.15) is 0 Å². The van der Waals surface area contributed by atoms with Crippen molar-refractivity contribution in [2.24, 2.45) is 5.92 Å². The van der Waals surface area contributed by atoms with Gasteiger partial charge in [0.05, 0.1) is 12.0 Å². The number of rotatable bonds is 3. The first kappa shape index (κ1) is 16.2. The molecule has 2 rings (SSSR count). The van der Waals surface area contributed by atoms with Crippen LogP contribution < -0.4 is 0 Å². The van der Waals surface area contributed by atoms with E-state index in [1.165, 1.54) is 0 Å². The standard InChI is InChI=1S/C15H27N3O3/c1-12(19)10-16-6-8-17(9-7-16)15(21)14-4-3-5-18(11-14)13(2)20/h12,14,19H,3-11H2,1-2H3/t12-,14+/m1/s1. The van der Waals surface area contributed by atoms with Crippen LogP contribution in [0.5, 0.6) is 0 Å². The van der Waals surface area contributed by atoms with Crippen LogP contribution in [0.1, 0.15) is 26.7 Å². The molecule has 6 nitrogen and oxygen atoms in total. The predicted octanol–water partition coefficient (Wildman–Crippen LogP) is -0.230. The van der Waals surface area contributed by atoms with Gasteiger partial charge in [0.2, 0.25) is 11.8 Å².